The molecule has 0 unspecified atom stereocenters. The number of ether oxygens (including phenoxy) is 1. The topological polar surface area (TPSA) is 52.8 Å². The minimum Gasteiger partial charge on any atom is -0.457 e. The lowest BCUT2D eigenvalue weighted by Gasteiger charge is -2.19. The smallest absolute Gasteiger partial charge is 0.137 e. The zero-order chi connectivity index (χ0) is 28.4. The van der Waals surface area contributed by atoms with Crippen LogP contribution in [0.25, 0.3) is 60.1 Å². The molecule has 5 nitrogen and oxygen atoms in total. The van der Waals surface area contributed by atoms with Crippen molar-refractivity contribution in [2.45, 2.75) is 26.2 Å². The van der Waals surface area contributed by atoms with E-state index in [-0.39, 0.29) is 5.41 Å². The van der Waals surface area contributed by atoms with Gasteiger partial charge in [0.25, 0.3) is 0 Å². The highest BCUT2D eigenvalue weighted by atomic mass is 16.5. The summed E-state index contributed by atoms with van der Waals surface area (Å²) in [6.07, 6.45) is 7.57. The number of fused-ring (bicyclic) bond motifs is 8. The molecule has 0 bridgehead atoms. The molecule has 202 valence electrons. The van der Waals surface area contributed by atoms with Crippen LogP contribution in [-0.2, 0) is 5.41 Å². The minimum absolute atomic E-state index is 0.0375. The van der Waals surface area contributed by atoms with E-state index in [9.17, 15) is 0 Å². The summed E-state index contributed by atoms with van der Waals surface area (Å²) in [6.45, 7) is 6.67. The van der Waals surface area contributed by atoms with Crippen LogP contribution in [-0.4, -0.2) is 19.5 Å². The van der Waals surface area contributed by atoms with Gasteiger partial charge >= 0.3 is 0 Å². The van der Waals surface area contributed by atoms with Crippen molar-refractivity contribution in [3.8, 4) is 17.3 Å². The summed E-state index contributed by atoms with van der Waals surface area (Å²) >= 11 is 0. The van der Waals surface area contributed by atoms with Gasteiger partial charge in [0.15, 0.2) is 0 Å². The number of hydrogen-bond acceptors (Lipinski definition) is 4. The summed E-state index contributed by atoms with van der Waals surface area (Å²) in [5.41, 5.74) is 4.36. The number of nitrogens with zero attached hydrogens (tertiary/aromatic N) is 4. The van der Waals surface area contributed by atoms with Crippen LogP contribution in [0.4, 0.5) is 0 Å². The predicted molar refractivity (Wildman–Crippen MR) is 172 cm³/mol. The third kappa shape index (κ3) is 3.89. The average Bonchev–Trinajstić information content (AvgIpc) is 3.34. The molecule has 8 rings (SSSR count). The minimum atomic E-state index is 0.0375. The summed E-state index contributed by atoms with van der Waals surface area (Å²) in [7, 11) is 0. The molecule has 0 saturated carbocycles. The standard InChI is InChI=1S/C37H28N4O/c1-37(2,3)26-18-25-10-9-24-8-7-23-11-12-27(19-30(23)35(24)36(25)40-21-26)42-28-13-14-29-31-22-38-17-15-32(31)41(33(29)20-28)34-6-4-5-16-39-34/h4-22H,1-3H3. The van der Waals surface area contributed by atoms with Gasteiger partial charge in [-0.1, -0.05) is 57.2 Å². The van der Waals surface area contributed by atoms with E-state index < -0.39 is 0 Å². The van der Waals surface area contributed by atoms with Gasteiger partial charge in [0.2, 0.25) is 0 Å². The quantitative estimate of drug-likeness (QED) is 0.208. The Morgan fingerprint density at radius 2 is 1.40 bits per heavy atom. The largest absolute Gasteiger partial charge is 0.457 e. The van der Waals surface area contributed by atoms with Gasteiger partial charge in [-0.3, -0.25) is 14.5 Å². The molecule has 0 aliphatic heterocycles. The van der Waals surface area contributed by atoms with Crippen molar-refractivity contribution in [2.75, 3.05) is 0 Å². The van der Waals surface area contributed by atoms with Gasteiger partial charge in [0.1, 0.15) is 17.3 Å². The normalized spacial score (nSPS) is 12.2. The summed E-state index contributed by atoms with van der Waals surface area (Å²) in [5, 5.41) is 7.93. The second-order valence-corrected chi connectivity index (χ2v) is 11.9. The van der Waals surface area contributed by atoms with E-state index in [4.69, 9.17) is 9.72 Å². The number of pyridine rings is 3. The fourth-order valence-corrected chi connectivity index (χ4v) is 5.97. The van der Waals surface area contributed by atoms with E-state index in [1.54, 1.807) is 0 Å². The van der Waals surface area contributed by atoms with Gasteiger partial charge in [-0.15, -0.1) is 0 Å². The Kier molecular flexibility index (Phi) is 5.32. The van der Waals surface area contributed by atoms with Gasteiger partial charge in [-0.05, 0) is 75.7 Å². The van der Waals surface area contributed by atoms with Gasteiger partial charge in [0.05, 0.1) is 16.6 Å². The third-order valence-electron chi connectivity index (χ3n) is 8.14. The molecule has 0 radical (unpaired) electrons. The lowest BCUT2D eigenvalue weighted by molar-refractivity contribution is 0.484. The molecule has 4 aromatic carbocycles. The second-order valence-electron chi connectivity index (χ2n) is 11.9. The van der Waals surface area contributed by atoms with Crippen molar-refractivity contribution in [1.82, 2.24) is 19.5 Å². The fourth-order valence-electron chi connectivity index (χ4n) is 5.97. The van der Waals surface area contributed by atoms with Crippen LogP contribution in [0.2, 0.25) is 0 Å². The lowest BCUT2D eigenvalue weighted by atomic mass is 9.87. The van der Waals surface area contributed by atoms with Crippen molar-refractivity contribution in [3.63, 3.8) is 0 Å². The maximum Gasteiger partial charge on any atom is 0.137 e. The predicted octanol–water partition coefficient (Wildman–Crippen LogP) is 9.52. The van der Waals surface area contributed by atoms with Gasteiger partial charge in [-0.25, -0.2) is 4.98 Å². The van der Waals surface area contributed by atoms with Crippen LogP contribution in [0.15, 0.2) is 116 Å². The van der Waals surface area contributed by atoms with Crippen LogP contribution < -0.4 is 4.74 Å². The van der Waals surface area contributed by atoms with Crippen molar-refractivity contribution in [2.24, 2.45) is 0 Å². The van der Waals surface area contributed by atoms with Gasteiger partial charge in [0, 0.05) is 52.4 Å². The monoisotopic (exact) mass is 544 g/mol. The van der Waals surface area contributed by atoms with Crippen LogP contribution in [0, 0.1) is 0 Å². The van der Waals surface area contributed by atoms with E-state index in [0.717, 1.165) is 71.6 Å². The molecular weight excluding hydrogens is 516 g/mol. The molecule has 4 aromatic heterocycles. The molecular formula is C37H28N4O. The van der Waals surface area contributed by atoms with E-state index in [1.165, 1.54) is 5.56 Å². The van der Waals surface area contributed by atoms with Crippen LogP contribution in [0.3, 0.4) is 0 Å². The second kappa shape index (κ2) is 9.11. The average molecular weight is 545 g/mol. The van der Waals surface area contributed by atoms with E-state index in [1.807, 2.05) is 61.2 Å². The molecule has 0 aliphatic rings. The van der Waals surface area contributed by atoms with Gasteiger partial charge in [-0.2, -0.15) is 0 Å². The summed E-state index contributed by atoms with van der Waals surface area (Å²) in [5.74, 6) is 2.39. The zero-order valence-electron chi connectivity index (χ0n) is 23.7. The van der Waals surface area contributed by atoms with Crippen LogP contribution in [0.1, 0.15) is 26.3 Å². The fraction of sp³-hybridized carbons (Fsp3) is 0.108. The van der Waals surface area contributed by atoms with Crippen molar-refractivity contribution < 1.29 is 4.74 Å². The molecule has 0 saturated heterocycles. The molecule has 0 N–H and O–H groups in total. The van der Waals surface area contributed by atoms with E-state index in [0.29, 0.717) is 0 Å². The highest BCUT2D eigenvalue weighted by Gasteiger charge is 2.17. The summed E-state index contributed by atoms with van der Waals surface area (Å²) < 4.78 is 8.70. The van der Waals surface area contributed by atoms with Crippen molar-refractivity contribution in [1.29, 1.82) is 0 Å². The third-order valence-corrected chi connectivity index (χ3v) is 8.14. The van der Waals surface area contributed by atoms with E-state index >= 15 is 0 Å². The maximum atomic E-state index is 6.54. The SMILES string of the molecule is CC(C)(C)c1cnc2c(ccc3ccc4ccc(Oc5ccc6c7cnccc7n(-c7ccccn7)c6c5)cc4c32)c1. The number of hydrogen-bond donors (Lipinski definition) is 0. The molecule has 42 heavy (non-hydrogen) atoms. The Bertz CT molecular complexity index is 2310. The molecule has 0 fully saturated rings. The first kappa shape index (κ1) is 24.5. The highest BCUT2D eigenvalue weighted by molar-refractivity contribution is 6.19. The molecule has 0 amide bonds. The lowest BCUT2D eigenvalue weighted by Crippen LogP contribution is -2.11. The molecule has 4 heterocycles. The van der Waals surface area contributed by atoms with Gasteiger partial charge < -0.3 is 4.74 Å². The summed E-state index contributed by atoms with van der Waals surface area (Å²) in [4.78, 5) is 14.0. The Balaban J connectivity index is 1.28. The Morgan fingerprint density at radius 3 is 2.24 bits per heavy atom. The Morgan fingerprint density at radius 1 is 0.619 bits per heavy atom. The van der Waals surface area contributed by atoms with Crippen LogP contribution in [0.5, 0.6) is 11.5 Å². The summed E-state index contributed by atoms with van der Waals surface area (Å²) in [6, 6.07) is 31.5. The molecule has 0 spiro atoms. The van der Waals surface area contributed by atoms with Crippen molar-refractivity contribution in [3.05, 3.63) is 121 Å². The first-order valence-corrected chi connectivity index (χ1v) is 14.2. The maximum absolute atomic E-state index is 6.54. The zero-order valence-corrected chi connectivity index (χ0v) is 23.7. The highest BCUT2D eigenvalue weighted by Crippen LogP contribution is 2.37. The number of aromatic nitrogens is 4. The first-order chi connectivity index (χ1) is 20.4. The molecule has 5 heteroatoms. The number of rotatable bonds is 3. The molecule has 8 aromatic rings. The molecule has 0 atom stereocenters. The molecule has 0 aliphatic carbocycles. The first-order valence-electron chi connectivity index (χ1n) is 14.2. The van der Waals surface area contributed by atoms with E-state index in [2.05, 4.69) is 89.9 Å². The Labute approximate surface area is 243 Å². The van der Waals surface area contributed by atoms with Crippen LogP contribution >= 0.6 is 0 Å². The van der Waals surface area contributed by atoms with Crippen molar-refractivity contribution >= 4 is 54.3 Å². The number of benzene rings is 4. The Hall–Kier alpha value is -5.29.